The van der Waals surface area contributed by atoms with Gasteiger partial charge in [-0.15, -0.1) is 0 Å². The van der Waals surface area contributed by atoms with Crippen LogP contribution >= 0.6 is 0 Å². The van der Waals surface area contributed by atoms with Gasteiger partial charge in [0.25, 0.3) is 0 Å². The first-order valence-electron chi connectivity index (χ1n) is 9.93. The van der Waals surface area contributed by atoms with Gasteiger partial charge in [-0.1, -0.05) is 18.6 Å². The molecule has 1 N–H and O–H groups in total. The number of amides is 2. The SMILES string of the molecule is O=C([C@H]1[C@@H]2C=C[C@@]3(CN(CCN4CCCCC4)C(=O)[C@@H]13)O2)N1CC(O)C1. The molecule has 0 aliphatic carbocycles. The topological polar surface area (TPSA) is 73.3 Å². The van der Waals surface area contributed by atoms with E-state index >= 15 is 0 Å². The molecule has 142 valence electrons. The zero-order chi connectivity index (χ0) is 17.9. The quantitative estimate of drug-likeness (QED) is 0.681. The zero-order valence-corrected chi connectivity index (χ0v) is 15.0. The molecule has 4 atom stereocenters. The molecule has 4 saturated heterocycles. The summed E-state index contributed by atoms with van der Waals surface area (Å²) in [7, 11) is 0. The number of piperidine rings is 1. The first-order chi connectivity index (χ1) is 12.6. The molecule has 0 radical (unpaired) electrons. The molecule has 26 heavy (non-hydrogen) atoms. The van der Waals surface area contributed by atoms with Crippen molar-refractivity contribution < 1.29 is 19.4 Å². The minimum Gasteiger partial charge on any atom is -0.389 e. The molecule has 1 spiro atoms. The molecule has 0 saturated carbocycles. The number of rotatable bonds is 4. The van der Waals surface area contributed by atoms with Crippen molar-refractivity contribution in [3.05, 3.63) is 12.2 Å². The maximum absolute atomic E-state index is 13.1. The van der Waals surface area contributed by atoms with Gasteiger partial charge in [0, 0.05) is 26.2 Å². The largest absolute Gasteiger partial charge is 0.389 e. The lowest BCUT2D eigenvalue weighted by molar-refractivity contribution is -0.151. The summed E-state index contributed by atoms with van der Waals surface area (Å²) in [6, 6.07) is 0. The molecule has 5 aliphatic heterocycles. The third-order valence-corrected chi connectivity index (χ3v) is 6.77. The number of aliphatic hydroxyl groups excluding tert-OH is 1. The summed E-state index contributed by atoms with van der Waals surface area (Å²) in [5, 5.41) is 9.50. The number of likely N-dealkylation sites (tertiary alicyclic amines) is 3. The second-order valence-electron chi connectivity index (χ2n) is 8.46. The maximum Gasteiger partial charge on any atom is 0.230 e. The Balaban J connectivity index is 1.28. The Morgan fingerprint density at radius 2 is 2.00 bits per heavy atom. The molecule has 0 unspecified atom stereocenters. The van der Waals surface area contributed by atoms with E-state index in [1.54, 1.807) is 4.90 Å². The average Bonchev–Trinajstić information content (AvgIpc) is 3.26. The lowest BCUT2D eigenvalue weighted by Crippen LogP contribution is -2.57. The Hall–Kier alpha value is -1.44. The van der Waals surface area contributed by atoms with Gasteiger partial charge in [-0.2, -0.15) is 0 Å². The van der Waals surface area contributed by atoms with Crippen LogP contribution in [0.15, 0.2) is 12.2 Å². The van der Waals surface area contributed by atoms with Crippen LogP contribution in [0.1, 0.15) is 19.3 Å². The van der Waals surface area contributed by atoms with Crippen LogP contribution in [0.25, 0.3) is 0 Å². The van der Waals surface area contributed by atoms with Crippen LogP contribution < -0.4 is 0 Å². The predicted octanol–water partition coefficient (Wildman–Crippen LogP) is -0.543. The number of β-amino-alcohol motifs (C(OH)–C–C–N with tert-alkyl or cyclic N) is 1. The summed E-state index contributed by atoms with van der Waals surface area (Å²) in [6.07, 6.45) is 7.03. The summed E-state index contributed by atoms with van der Waals surface area (Å²) in [5.41, 5.74) is -0.618. The molecule has 5 aliphatic rings. The molecule has 0 aromatic rings. The lowest BCUT2D eigenvalue weighted by atomic mass is 9.76. The highest BCUT2D eigenvalue weighted by Crippen LogP contribution is 2.52. The highest BCUT2D eigenvalue weighted by atomic mass is 16.5. The Kier molecular flexibility index (Phi) is 3.88. The van der Waals surface area contributed by atoms with Gasteiger partial charge < -0.3 is 24.5 Å². The average molecular weight is 361 g/mol. The number of carbonyl (C=O) groups is 2. The van der Waals surface area contributed by atoms with Crippen molar-refractivity contribution >= 4 is 11.8 Å². The van der Waals surface area contributed by atoms with Crippen LogP contribution in [-0.2, 0) is 14.3 Å². The Bertz CT molecular complexity index is 641. The van der Waals surface area contributed by atoms with Crippen LogP contribution in [0.2, 0.25) is 0 Å². The summed E-state index contributed by atoms with van der Waals surface area (Å²) < 4.78 is 6.16. The molecule has 0 aromatic carbocycles. The molecule has 2 bridgehead atoms. The molecule has 2 amide bonds. The second kappa shape index (κ2) is 6.04. The highest BCUT2D eigenvalue weighted by molar-refractivity contribution is 5.93. The molecule has 5 rings (SSSR count). The monoisotopic (exact) mass is 361 g/mol. The van der Waals surface area contributed by atoms with E-state index in [0.29, 0.717) is 26.2 Å². The molecular weight excluding hydrogens is 334 g/mol. The van der Waals surface area contributed by atoms with Gasteiger partial charge in [0.05, 0.1) is 30.6 Å². The van der Waals surface area contributed by atoms with Crippen LogP contribution in [0, 0.1) is 11.8 Å². The fourth-order valence-electron chi connectivity index (χ4n) is 5.34. The fraction of sp³-hybridized carbons (Fsp3) is 0.789. The first-order valence-corrected chi connectivity index (χ1v) is 9.93. The van der Waals surface area contributed by atoms with Crippen LogP contribution in [0.3, 0.4) is 0 Å². The normalized spacial score (nSPS) is 39.6. The standard InChI is InChI=1S/C19H27N3O4/c23-13-10-22(11-13)17(24)15-14-4-5-19(26-14)12-21(18(25)16(15)19)9-8-20-6-2-1-3-7-20/h4-5,13-16,23H,1-3,6-12H2/t14-,15-,16+,19-/m0/s1. The summed E-state index contributed by atoms with van der Waals surface area (Å²) >= 11 is 0. The molecule has 0 aromatic heterocycles. The van der Waals surface area contributed by atoms with E-state index in [1.165, 1.54) is 19.3 Å². The molecular formula is C19H27N3O4. The molecule has 7 nitrogen and oxygen atoms in total. The van der Waals surface area contributed by atoms with E-state index in [2.05, 4.69) is 4.90 Å². The number of hydrogen-bond acceptors (Lipinski definition) is 5. The van der Waals surface area contributed by atoms with Gasteiger partial charge >= 0.3 is 0 Å². The van der Waals surface area contributed by atoms with E-state index in [0.717, 1.165) is 19.6 Å². The third-order valence-electron chi connectivity index (χ3n) is 6.77. The summed E-state index contributed by atoms with van der Waals surface area (Å²) in [6.45, 7) is 5.16. The van der Waals surface area contributed by atoms with E-state index in [9.17, 15) is 14.7 Å². The van der Waals surface area contributed by atoms with Crippen molar-refractivity contribution in [2.45, 2.75) is 37.1 Å². The molecule has 4 fully saturated rings. The zero-order valence-electron chi connectivity index (χ0n) is 15.0. The van der Waals surface area contributed by atoms with Crippen molar-refractivity contribution in [2.75, 3.05) is 45.8 Å². The van der Waals surface area contributed by atoms with Crippen LogP contribution in [0.4, 0.5) is 0 Å². The number of aliphatic hydroxyl groups is 1. The summed E-state index contributed by atoms with van der Waals surface area (Å²) in [4.78, 5) is 32.0. The Morgan fingerprint density at radius 3 is 2.73 bits per heavy atom. The van der Waals surface area contributed by atoms with Crippen molar-refractivity contribution in [1.82, 2.24) is 14.7 Å². The van der Waals surface area contributed by atoms with Gasteiger partial charge in [-0.05, 0) is 25.9 Å². The van der Waals surface area contributed by atoms with Crippen molar-refractivity contribution in [3.63, 3.8) is 0 Å². The van der Waals surface area contributed by atoms with Gasteiger partial charge in [-0.25, -0.2) is 0 Å². The van der Waals surface area contributed by atoms with Gasteiger partial charge in [0.1, 0.15) is 5.60 Å². The fourth-order valence-corrected chi connectivity index (χ4v) is 5.34. The van der Waals surface area contributed by atoms with E-state index < -0.39 is 23.5 Å². The van der Waals surface area contributed by atoms with Crippen molar-refractivity contribution in [1.29, 1.82) is 0 Å². The van der Waals surface area contributed by atoms with Crippen LogP contribution in [0.5, 0.6) is 0 Å². The number of fused-ring (bicyclic) bond motifs is 1. The van der Waals surface area contributed by atoms with E-state index in [-0.39, 0.29) is 17.9 Å². The third kappa shape index (κ3) is 2.44. The predicted molar refractivity (Wildman–Crippen MR) is 93.2 cm³/mol. The smallest absolute Gasteiger partial charge is 0.230 e. The lowest BCUT2D eigenvalue weighted by Gasteiger charge is -2.39. The number of nitrogens with zero attached hydrogens (tertiary/aromatic N) is 3. The molecule has 5 heterocycles. The minimum atomic E-state index is -0.618. The van der Waals surface area contributed by atoms with Crippen molar-refractivity contribution in [2.24, 2.45) is 11.8 Å². The molecule has 7 heteroatoms. The second-order valence-corrected chi connectivity index (χ2v) is 8.46. The van der Waals surface area contributed by atoms with Gasteiger partial charge in [0.15, 0.2) is 0 Å². The highest BCUT2D eigenvalue weighted by Gasteiger charge is 2.67. The Morgan fingerprint density at radius 1 is 1.23 bits per heavy atom. The minimum absolute atomic E-state index is 0.0391. The number of hydrogen-bond donors (Lipinski definition) is 1. The van der Waals surface area contributed by atoms with Gasteiger partial charge in [0.2, 0.25) is 11.8 Å². The van der Waals surface area contributed by atoms with Gasteiger partial charge in [-0.3, -0.25) is 9.59 Å². The number of carbonyl (C=O) groups excluding carboxylic acids is 2. The Labute approximate surface area is 153 Å². The van der Waals surface area contributed by atoms with Crippen molar-refractivity contribution in [3.8, 4) is 0 Å². The van der Waals surface area contributed by atoms with Crippen LogP contribution in [-0.4, -0.2) is 95.2 Å². The first kappa shape index (κ1) is 16.7. The van der Waals surface area contributed by atoms with E-state index in [4.69, 9.17) is 4.74 Å². The maximum atomic E-state index is 13.1. The van der Waals surface area contributed by atoms with E-state index in [1.807, 2.05) is 17.1 Å². The number of ether oxygens (including phenoxy) is 1. The summed E-state index contributed by atoms with van der Waals surface area (Å²) in [5.74, 6) is -0.805.